The topological polar surface area (TPSA) is 91.8 Å². The summed E-state index contributed by atoms with van der Waals surface area (Å²) in [5.74, 6) is 0.877. The molecule has 0 fully saturated rings. The molecule has 0 saturated carbocycles. The van der Waals surface area contributed by atoms with Crippen LogP contribution in [0.5, 0.6) is 5.75 Å². The molecule has 3 rings (SSSR count). The summed E-state index contributed by atoms with van der Waals surface area (Å²) in [6, 6.07) is 7.99. The first-order valence-electron chi connectivity index (χ1n) is 12.8. The molecule has 0 spiro atoms. The van der Waals surface area contributed by atoms with Gasteiger partial charge in [-0.25, -0.2) is 9.59 Å². The number of likely N-dealkylation sites (N-methyl/N-ethyl adjacent to an activating group) is 2. The fraction of sp³-hybridized carbons (Fsp3) is 0.571. The highest BCUT2D eigenvalue weighted by atomic mass is 16.6. The van der Waals surface area contributed by atoms with E-state index in [0.29, 0.717) is 11.7 Å². The normalized spacial score (nSPS) is 15.0. The number of hydrogen-bond acceptors (Lipinski definition) is 7. The average molecular weight is 516 g/mol. The Morgan fingerprint density at radius 1 is 1.14 bits per heavy atom. The zero-order valence-corrected chi connectivity index (χ0v) is 23.2. The van der Waals surface area contributed by atoms with Gasteiger partial charge in [-0.3, -0.25) is 0 Å². The Balaban J connectivity index is 1.83. The number of aryl methyl sites for hydroxylation is 1. The minimum Gasteiger partial charge on any atom is -0.444 e. The van der Waals surface area contributed by atoms with E-state index in [4.69, 9.17) is 19.3 Å². The van der Waals surface area contributed by atoms with Gasteiger partial charge in [0.1, 0.15) is 11.4 Å². The van der Waals surface area contributed by atoms with E-state index in [0.717, 1.165) is 28.6 Å². The Labute approximate surface area is 219 Å². The number of anilines is 1. The van der Waals surface area contributed by atoms with Crippen molar-refractivity contribution in [2.75, 3.05) is 65.0 Å². The van der Waals surface area contributed by atoms with Gasteiger partial charge in [0.25, 0.3) is 0 Å². The Morgan fingerprint density at radius 2 is 1.86 bits per heavy atom. The molecule has 9 heteroatoms. The molecule has 1 atom stereocenters. The van der Waals surface area contributed by atoms with E-state index in [1.165, 1.54) is 15.4 Å². The van der Waals surface area contributed by atoms with Crippen LogP contribution in [0.15, 0.2) is 24.3 Å². The van der Waals surface area contributed by atoms with Gasteiger partial charge in [0.2, 0.25) is 0 Å². The van der Waals surface area contributed by atoms with E-state index in [-0.39, 0.29) is 39.5 Å². The quantitative estimate of drug-likeness (QED) is 0.496. The minimum atomic E-state index is -0.612. The zero-order chi connectivity index (χ0) is 27.3. The smallest absolute Gasteiger partial charge is 0.415 e. The first kappa shape index (κ1) is 28.5. The van der Waals surface area contributed by atoms with Gasteiger partial charge >= 0.3 is 12.2 Å². The van der Waals surface area contributed by atoms with Gasteiger partial charge in [0, 0.05) is 63.3 Å². The molecule has 0 saturated heterocycles. The van der Waals surface area contributed by atoms with Gasteiger partial charge in [-0.15, -0.1) is 0 Å². The first-order valence-corrected chi connectivity index (χ1v) is 12.8. The van der Waals surface area contributed by atoms with E-state index in [2.05, 4.69) is 31.9 Å². The minimum absolute atomic E-state index is 0.0990. The molecule has 204 valence electrons. The number of rotatable bonds is 9. The Bertz CT molecular complexity index is 1110. The largest absolute Gasteiger partial charge is 0.444 e. The second kappa shape index (κ2) is 12.0. The number of carbonyl (C=O) groups is 2. The molecule has 1 aliphatic rings. The maximum atomic E-state index is 13.4. The van der Waals surface area contributed by atoms with Crippen molar-refractivity contribution in [3.8, 4) is 5.75 Å². The molecule has 37 heavy (non-hydrogen) atoms. The molecule has 1 heterocycles. The summed E-state index contributed by atoms with van der Waals surface area (Å²) in [6.45, 7) is 11.7. The van der Waals surface area contributed by atoms with Crippen LogP contribution in [0, 0.1) is 6.92 Å². The first-order chi connectivity index (χ1) is 17.4. The van der Waals surface area contributed by atoms with Crippen molar-refractivity contribution in [3.05, 3.63) is 35.4 Å². The third-order valence-electron chi connectivity index (χ3n) is 6.41. The molecule has 9 nitrogen and oxygen atoms in total. The van der Waals surface area contributed by atoms with Gasteiger partial charge in [-0.2, -0.15) is 0 Å². The predicted molar refractivity (Wildman–Crippen MR) is 145 cm³/mol. The molecule has 2 amide bonds. The third-order valence-corrected chi connectivity index (χ3v) is 6.41. The molecule has 2 aromatic rings. The molecular formula is C28H41N3O6. The molecule has 0 aromatic heterocycles. The maximum absolute atomic E-state index is 13.4. The number of nitrogens with zero attached hydrogens (tertiary/aromatic N) is 3. The highest BCUT2D eigenvalue weighted by molar-refractivity contribution is 6.00. The molecule has 2 aromatic carbocycles. The van der Waals surface area contributed by atoms with Gasteiger partial charge in [0.15, 0.2) is 0 Å². The average Bonchev–Trinajstić information content (AvgIpc) is 3.10. The highest BCUT2D eigenvalue weighted by Crippen LogP contribution is 2.45. The SMILES string of the molecule is Cc1cccc2c(OC(=O)N(CCOCCO)CCN(C)C(=O)OC(C)(C)C)cc3c(c12)[C@H](C)CN3C. The lowest BCUT2D eigenvalue weighted by molar-refractivity contribution is 0.0273. The number of hydrogen-bond donors (Lipinski definition) is 1. The molecule has 1 N–H and O–H groups in total. The van der Waals surface area contributed by atoms with Crippen LogP contribution in [0.3, 0.4) is 0 Å². The fourth-order valence-corrected chi connectivity index (χ4v) is 4.63. The number of aliphatic hydroxyl groups is 1. The van der Waals surface area contributed by atoms with Crippen molar-refractivity contribution >= 4 is 28.6 Å². The van der Waals surface area contributed by atoms with Crippen LogP contribution in [0.4, 0.5) is 15.3 Å². The van der Waals surface area contributed by atoms with E-state index in [9.17, 15) is 9.59 Å². The Kier molecular flexibility index (Phi) is 9.26. The Hall–Kier alpha value is -3.04. The van der Waals surface area contributed by atoms with Crippen LogP contribution >= 0.6 is 0 Å². The van der Waals surface area contributed by atoms with Crippen LogP contribution in [-0.4, -0.2) is 92.8 Å². The fourth-order valence-electron chi connectivity index (χ4n) is 4.63. The lowest BCUT2D eigenvalue weighted by Gasteiger charge is -2.27. The molecule has 0 unspecified atom stereocenters. The molecule has 0 bridgehead atoms. The molecule has 0 aliphatic carbocycles. The number of fused-ring (bicyclic) bond motifs is 3. The van der Waals surface area contributed by atoms with Gasteiger partial charge in [0.05, 0.1) is 19.8 Å². The van der Waals surface area contributed by atoms with Crippen LogP contribution in [-0.2, 0) is 9.47 Å². The number of aliphatic hydroxyl groups excluding tert-OH is 1. The van der Waals surface area contributed by atoms with E-state index >= 15 is 0 Å². The van der Waals surface area contributed by atoms with Crippen molar-refractivity contribution in [2.24, 2.45) is 0 Å². The second-order valence-corrected chi connectivity index (χ2v) is 10.7. The third kappa shape index (κ3) is 7.05. The zero-order valence-electron chi connectivity index (χ0n) is 23.2. The van der Waals surface area contributed by atoms with Crippen molar-refractivity contribution in [3.63, 3.8) is 0 Å². The van der Waals surface area contributed by atoms with Crippen LogP contribution < -0.4 is 9.64 Å². The number of ether oxygens (including phenoxy) is 3. The van der Waals surface area contributed by atoms with Crippen molar-refractivity contribution in [2.45, 2.75) is 46.1 Å². The van der Waals surface area contributed by atoms with Crippen LogP contribution in [0.1, 0.15) is 44.7 Å². The van der Waals surface area contributed by atoms with Crippen LogP contribution in [0.2, 0.25) is 0 Å². The number of amides is 2. The van der Waals surface area contributed by atoms with Gasteiger partial charge in [-0.05, 0) is 44.2 Å². The lowest BCUT2D eigenvalue weighted by Crippen LogP contribution is -2.43. The standard InChI is InChI=1S/C28H41N3O6/c1-19-9-8-10-21-23(17-22-25(24(19)21)20(2)18-30(22)7)36-27(34)31(13-15-35-16-14-32)12-11-29(6)26(33)37-28(3,4)5/h8-10,17,20,32H,11-16,18H2,1-7H3/t20-/m1/s1. The Morgan fingerprint density at radius 3 is 2.54 bits per heavy atom. The van der Waals surface area contributed by atoms with Crippen molar-refractivity contribution < 1.29 is 28.9 Å². The van der Waals surface area contributed by atoms with Gasteiger partial charge < -0.3 is 34.0 Å². The lowest BCUT2D eigenvalue weighted by atomic mass is 9.92. The number of benzene rings is 2. The monoisotopic (exact) mass is 515 g/mol. The van der Waals surface area contributed by atoms with E-state index < -0.39 is 17.8 Å². The van der Waals surface area contributed by atoms with Crippen LogP contribution in [0.25, 0.3) is 10.8 Å². The van der Waals surface area contributed by atoms with E-state index in [1.54, 1.807) is 7.05 Å². The summed E-state index contributed by atoms with van der Waals surface area (Å²) >= 11 is 0. The molecule has 1 aliphatic heterocycles. The molecular weight excluding hydrogens is 474 g/mol. The van der Waals surface area contributed by atoms with Crippen molar-refractivity contribution in [1.82, 2.24) is 9.80 Å². The molecule has 0 radical (unpaired) electrons. The summed E-state index contributed by atoms with van der Waals surface area (Å²) in [7, 11) is 3.68. The maximum Gasteiger partial charge on any atom is 0.415 e. The summed E-state index contributed by atoms with van der Waals surface area (Å²) < 4.78 is 16.8. The summed E-state index contributed by atoms with van der Waals surface area (Å²) in [5, 5.41) is 11.0. The second-order valence-electron chi connectivity index (χ2n) is 10.7. The summed E-state index contributed by atoms with van der Waals surface area (Å²) in [4.78, 5) is 30.9. The highest BCUT2D eigenvalue weighted by Gasteiger charge is 2.29. The predicted octanol–water partition coefficient (Wildman–Crippen LogP) is 4.38. The number of carbonyl (C=O) groups excluding carboxylic acids is 2. The summed E-state index contributed by atoms with van der Waals surface area (Å²) in [6.07, 6.45) is -0.990. The van der Waals surface area contributed by atoms with Crippen molar-refractivity contribution in [1.29, 1.82) is 0 Å². The van der Waals surface area contributed by atoms with Gasteiger partial charge in [-0.1, -0.05) is 25.1 Å². The summed E-state index contributed by atoms with van der Waals surface area (Å²) in [5.41, 5.74) is 2.88. The van der Waals surface area contributed by atoms with E-state index in [1.807, 2.05) is 39.0 Å².